The van der Waals surface area contributed by atoms with Crippen molar-refractivity contribution < 1.29 is 19.1 Å². The van der Waals surface area contributed by atoms with E-state index in [1.807, 2.05) is 19.1 Å². The summed E-state index contributed by atoms with van der Waals surface area (Å²) >= 11 is 6.87. The quantitative estimate of drug-likeness (QED) is 0.143. The maximum Gasteiger partial charge on any atom is 0.343 e. The fourth-order valence-electron chi connectivity index (χ4n) is 2.97. The lowest BCUT2D eigenvalue weighted by atomic mass is 10.0. The van der Waals surface area contributed by atoms with Gasteiger partial charge in [0.15, 0.2) is 6.61 Å². The lowest BCUT2D eigenvalue weighted by molar-refractivity contribution is -0.123. The molecule has 34 heavy (non-hydrogen) atoms. The molecular formula is C26H24Br2N2O4. The second-order valence-corrected chi connectivity index (χ2v) is 9.61. The van der Waals surface area contributed by atoms with E-state index in [2.05, 4.69) is 56.2 Å². The van der Waals surface area contributed by atoms with Crippen molar-refractivity contribution in [2.75, 3.05) is 6.61 Å². The second-order valence-electron chi connectivity index (χ2n) is 7.84. The number of amides is 1. The van der Waals surface area contributed by atoms with Crippen molar-refractivity contribution in [2.24, 2.45) is 5.10 Å². The Labute approximate surface area is 215 Å². The summed E-state index contributed by atoms with van der Waals surface area (Å²) in [6.45, 7) is 5.96. The average Bonchev–Trinajstić information content (AvgIpc) is 2.81. The van der Waals surface area contributed by atoms with Crippen molar-refractivity contribution >= 4 is 50.0 Å². The molecule has 3 aromatic rings. The number of hydrazone groups is 1. The summed E-state index contributed by atoms with van der Waals surface area (Å²) < 4.78 is 13.0. The van der Waals surface area contributed by atoms with Crippen LogP contribution in [0.25, 0.3) is 0 Å². The molecule has 0 aromatic heterocycles. The molecule has 6 nitrogen and oxygen atoms in total. The predicted molar refractivity (Wildman–Crippen MR) is 140 cm³/mol. The molecule has 176 valence electrons. The molecule has 0 bridgehead atoms. The third-order valence-corrected chi connectivity index (χ3v) is 6.23. The lowest BCUT2D eigenvalue weighted by Gasteiger charge is -2.15. The van der Waals surface area contributed by atoms with E-state index >= 15 is 0 Å². The Bertz CT molecular complexity index is 1190. The van der Waals surface area contributed by atoms with Crippen LogP contribution in [0.4, 0.5) is 0 Å². The number of esters is 1. The highest BCUT2D eigenvalue weighted by Crippen LogP contribution is 2.32. The Hall–Kier alpha value is -2.97. The van der Waals surface area contributed by atoms with E-state index in [-0.39, 0.29) is 18.4 Å². The third-order valence-electron chi connectivity index (χ3n) is 4.85. The van der Waals surface area contributed by atoms with Gasteiger partial charge in [-0.2, -0.15) is 5.10 Å². The van der Waals surface area contributed by atoms with Gasteiger partial charge in [0, 0.05) is 8.95 Å². The van der Waals surface area contributed by atoms with E-state index in [0.717, 1.165) is 25.6 Å². The Morgan fingerprint density at radius 2 is 1.71 bits per heavy atom. The van der Waals surface area contributed by atoms with Gasteiger partial charge >= 0.3 is 5.97 Å². The highest BCUT2D eigenvalue weighted by Gasteiger charge is 2.12. The zero-order valence-electron chi connectivity index (χ0n) is 19.0. The first-order valence-corrected chi connectivity index (χ1v) is 12.1. The summed E-state index contributed by atoms with van der Waals surface area (Å²) in [6.07, 6.45) is 1.50. The van der Waals surface area contributed by atoms with Crippen molar-refractivity contribution in [2.45, 2.75) is 26.7 Å². The first-order chi connectivity index (χ1) is 16.2. The van der Waals surface area contributed by atoms with E-state index in [1.54, 1.807) is 48.5 Å². The van der Waals surface area contributed by atoms with E-state index < -0.39 is 5.97 Å². The van der Waals surface area contributed by atoms with E-state index in [4.69, 9.17) is 9.47 Å². The number of carbonyl (C=O) groups excluding carboxylic acids is 2. The molecule has 0 atom stereocenters. The van der Waals surface area contributed by atoms with Crippen LogP contribution in [0.2, 0.25) is 0 Å². The van der Waals surface area contributed by atoms with Crippen LogP contribution in [-0.4, -0.2) is 24.7 Å². The Kier molecular flexibility index (Phi) is 9.01. The number of hydrogen-bond acceptors (Lipinski definition) is 5. The number of nitrogens with zero attached hydrogens (tertiary/aromatic N) is 1. The smallest absolute Gasteiger partial charge is 0.343 e. The van der Waals surface area contributed by atoms with Gasteiger partial charge in [-0.1, -0.05) is 45.7 Å². The van der Waals surface area contributed by atoms with Gasteiger partial charge in [0.25, 0.3) is 5.91 Å². The first kappa shape index (κ1) is 25.6. The maximum absolute atomic E-state index is 12.2. The molecular weight excluding hydrogens is 564 g/mol. The van der Waals surface area contributed by atoms with Gasteiger partial charge in [0.1, 0.15) is 11.5 Å². The van der Waals surface area contributed by atoms with Crippen molar-refractivity contribution in [1.29, 1.82) is 0 Å². The minimum Gasteiger partial charge on any atom is -0.483 e. The van der Waals surface area contributed by atoms with Gasteiger partial charge in [0.05, 0.1) is 11.8 Å². The largest absolute Gasteiger partial charge is 0.483 e. The molecule has 0 saturated carbocycles. The number of aryl methyl sites for hydroxylation is 1. The molecule has 3 aromatic carbocycles. The van der Waals surface area contributed by atoms with Crippen LogP contribution >= 0.6 is 31.9 Å². The van der Waals surface area contributed by atoms with Crippen molar-refractivity contribution in [1.82, 2.24) is 5.43 Å². The molecule has 0 heterocycles. The molecule has 1 amide bonds. The van der Waals surface area contributed by atoms with Crippen LogP contribution in [0.1, 0.15) is 46.8 Å². The molecule has 0 saturated heterocycles. The van der Waals surface area contributed by atoms with Crippen molar-refractivity contribution in [3.63, 3.8) is 0 Å². The number of carbonyl (C=O) groups is 2. The fraction of sp³-hybridized carbons (Fsp3) is 0.192. The van der Waals surface area contributed by atoms with Crippen LogP contribution in [0.15, 0.2) is 74.7 Å². The zero-order valence-corrected chi connectivity index (χ0v) is 22.1. The number of halogens is 2. The molecule has 0 aliphatic carbocycles. The van der Waals surface area contributed by atoms with Crippen LogP contribution < -0.4 is 14.9 Å². The molecule has 8 heteroatoms. The second kappa shape index (κ2) is 11.9. The summed E-state index contributed by atoms with van der Waals surface area (Å²) in [4.78, 5) is 24.3. The van der Waals surface area contributed by atoms with Crippen LogP contribution in [0.5, 0.6) is 11.5 Å². The van der Waals surface area contributed by atoms with E-state index in [0.29, 0.717) is 17.1 Å². The molecule has 1 N–H and O–H groups in total. The monoisotopic (exact) mass is 586 g/mol. The first-order valence-electron chi connectivity index (χ1n) is 10.6. The molecule has 0 aliphatic rings. The highest BCUT2D eigenvalue weighted by atomic mass is 79.9. The summed E-state index contributed by atoms with van der Waals surface area (Å²) in [6, 6.07) is 17.6. The molecule has 3 rings (SSSR count). The van der Waals surface area contributed by atoms with Crippen molar-refractivity contribution in [3.8, 4) is 11.5 Å². The van der Waals surface area contributed by atoms with E-state index in [1.165, 1.54) is 6.21 Å². The average molecular weight is 588 g/mol. The Balaban J connectivity index is 1.50. The van der Waals surface area contributed by atoms with Crippen molar-refractivity contribution in [3.05, 3.63) is 91.9 Å². The number of ether oxygens (including phenoxy) is 2. The number of nitrogens with one attached hydrogen (secondary N) is 1. The molecule has 0 fully saturated rings. The summed E-state index contributed by atoms with van der Waals surface area (Å²) in [7, 11) is 0. The van der Waals surface area contributed by atoms with Gasteiger partial charge in [-0.05, 0) is 90.2 Å². The maximum atomic E-state index is 12.2. The Morgan fingerprint density at radius 1 is 1.03 bits per heavy atom. The normalized spacial score (nSPS) is 11.0. The van der Waals surface area contributed by atoms with Gasteiger partial charge in [-0.25, -0.2) is 10.2 Å². The third kappa shape index (κ3) is 7.27. The standard InChI is InChI=1S/C26H24Br2N2O4/c1-16(2)22-13-23(28)17(3)12-24(22)33-15-25(31)30-29-14-18-4-10-21(11-5-18)34-26(32)19-6-8-20(27)9-7-19/h4-14,16H,15H2,1-3H3,(H,30,31). The van der Waals surface area contributed by atoms with E-state index in [9.17, 15) is 9.59 Å². The molecule has 0 unspecified atom stereocenters. The Morgan fingerprint density at radius 3 is 2.35 bits per heavy atom. The number of hydrogen-bond donors (Lipinski definition) is 1. The van der Waals surface area contributed by atoms with Gasteiger partial charge < -0.3 is 9.47 Å². The minimum atomic E-state index is -0.442. The fourth-order valence-corrected chi connectivity index (χ4v) is 3.60. The topological polar surface area (TPSA) is 77.0 Å². The van der Waals surface area contributed by atoms with Gasteiger partial charge in [-0.3, -0.25) is 4.79 Å². The molecule has 0 radical (unpaired) electrons. The highest BCUT2D eigenvalue weighted by molar-refractivity contribution is 9.10. The molecule has 0 spiro atoms. The number of benzene rings is 3. The van der Waals surface area contributed by atoms with Crippen LogP contribution in [0.3, 0.4) is 0 Å². The summed E-state index contributed by atoms with van der Waals surface area (Å²) in [5.74, 6) is 0.538. The molecule has 0 aliphatic heterocycles. The minimum absolute atomic E-state index is 0.150. The van der Waals surface area contributed by atoms with Gasteiger partial charge in [0.2, 0.25) is 0 Å². The van der Waals surface area contributed by atoms with Crippen LogP contribution in [-0.2, 0) is 4.79 Å². The predicted octanol–water partition coefficient (Wildman–Crippen LogP) is 6.39. The lowest BCUT2D eigenvalue weighted by Crippen LogP contribution is -2.25. The zero-order chi connectivity index (χ0) is 24.7. The SMILES string of the molecule is Cc1cc(OCC(=O)NN=Cc2ccc(OC(=O)c3ccc(Br)cc3)cc2)c(C(C)C)cc1Br. The van der Waals surface area contributed by atoms with Crippen LogP contribution in [0, 0.1) is 6.92 Å². The van der Waals surface area contributed by atoms with Gasteiger partial charge in [-0.15, -0.1) is 0 Å². The summed E-state index contributed by atoms with van der Waals surface area (Å²) in [5, 5.41) is 3.97. The summed E-state index contributed by atoms with van der Waals surface area (Å²) in [5.41, 5.74) is 5.70. The number of rotatable bonds is 8.